The fourth-order valence-electron chi connectivity index (χ4n) is 1.59. The molecule has 2 aromatic rings. The quantitative estimate of drug-likeness (QED) is 0.840. The largest absolute Gasteiger partial charge is 0.283 e. The Hall–Kier alpha value is -1.76. The molecule has 0 amide bonds. The van der Waals surface area contributed by atoms with Gasteiger partial charge in [-0.15, -0.1) is 0 Å². The molecule has 0 saturated heterocycles. The lowest BCUT2D eigenvalue weighted by molar-refractivity contribution is 0.504. The molecule has 0 spiro atoms. The molecular formula is C11H10F2N2O2S. The Balaban J connectivity index is 2.61. The summed E-state index contributed by atoms with van der Waals surface area (Å²) in [5, 5.41) is 3.82. The third-order valence-corrected chi connectivity index (χ3v) is 4.06. The van der Waals surface area contributed by atoms with Crippen LogP contribution in [0.1, 0.15) is 11.4 Å². The van der Waals surface area contributed by atoms with E-state index in [1.165, 1.54) is 0 Å². The average Bonchev–Trinajstić information content (AvgIpc) is 2.62. The van der Waals surface area contributed by atoms with E-state index in [0.29, 0.717) is 17.5 Å². The Morgan fingerprint density at radius 2 is 1.78 bits per heavy atom. The number of rotatable bonds is 2. The van der Waals surface area contributed by atoms with Crippen LogP contribution in [0.2, 0.25) is 0 Å². The lowest BCUT2D eigenvalue weighted by atomic mass is 10.3. The van der Waals surface area contributed by atoms with Crippen LogP contribution >= 0.6 is 0 Å². The second-order valence-electron chi connectivity index (χ2n) is 3.85. The zero-order chi connectivity index (χ0) is 13.5. The summed E-state index contributed by atoms with van der Waals surface area (Å²) < 4.78 is 50.9. The summed E-state index contributed by atoms with van der Waals surface area (Å²) in [4.78, 5) is -0.340. The third-order valence-electron chi connectivity index (χ3n) is 2.38. The maximum atomic E-state index is 13.1. The molecule has 0 fully saturated rings. The molecule has 0 aliphatic heterocycles. The number of aryl methyl sites for hydroxylation is 2. The van der Waals surface area contributed by atoms with Crippen LogP contribution in [0.5, 0.6) is 0 Å². The van der Waals surface area contributed by atoms with Gasteiger partial charge in [0.05, 0.1) is 16.3 Å². The predicted molar refractivity (Wildman–Crippen MR) is 60.6 cm³/mol. The van der Waals surface area contributed by atoms with Crippen LogP contribution in [0.3, 0.4) is 0 Å². The second-order valence-corrected chi connectivity index (χ2v) is 5.62. The van der Waals surface area contributed by atoms with E-state index in [9.17, 15) is 17.2 Å². The molecule has 18 heavy (non-hydrogen) atoms. The number of aromatic nitrogens is 2. The van der Waals surface area contributed by atoms with Gasteiger partial charge in [0.15, 0.2) is 11.6 Å². The Morgan fingerprint density at radius 3 is 2.28 bits per heavy atom. The lowest BCUT2D eigenvalue weighted by Gasteiger charge is -2.06. The summed E-state index contributed by atoms with van der Waals surface area (Å²) in [7, 11) is -3.99. The minimum absolute atomic E-state index is 0.340. The van der Waals surface area contributed by atoms with Gasteiger partial charge in [-0.2, -0.15) is 17.6 Å². The van der Waals surface area contributed by atoms with E-state index in [1.54, 1.807) is 19.9 Å². The number of hydrogen-bond donors (Lipinski definition) is 0. The minimum atomic E-state index is -3.99. The lowest BCUT2D eigenvalue weighted by Crippen LogP contribution is -2.16. The molecule has 0 aliphatic rings. The van der Waals surface area contributed by atoms with Crippen molar-refractivity contribution in [3.05, 3.63) is 47.3 Å². The molecule has 1 aromatic carbocycles. The Bertz CT molecular complexity index is 708. The molecule has 0 bridgehead atoms. The van der Waals surface area contributed by atoms with Crippen LogP contribution in [0.15, 0.2) is 29.2 Å². The summed E-state index contributed by atoms with van der Waals surface area (Å²) in [5.41, 5.74) is 0.927. The molecule has 2 rings (SSSR count). The van der Waals surface area contributed by atoms with Crippen LogP contribution < -0.4 is 0 Å². The number of halogens is 2. The summed E-state index contributed by atoms with van der Waals surface area (Å²) in [6, 6.07) is 4.00. The zero-order valence-electron chi connectivity index (χ0n) is 9.68. The van der Waals surface area contributed by atoms with E-state index >= 15 is 0 Å². The molecular weight excluding hydrogens is 262 g/mol. The van der Waals surface area contributed by atoms with Gasteiger partial charge >= 0.3 is 0 Å². The van der Waals surface area contributed by atoms with Crippen LogP contribution in [-0.2, 0) is 10.0 Å². The first kappa shape index (κ1) is 12.7. The highest BCUT2D eigenvalue weighted by Gasteiger charge is 2.21. The van der Waals surface area contributed by atoms with Crippen molar-refractivity contribution in [2.75, 3.05) is 0 Å². The van der Waals surface area contributed by atoms with Crippen LogP contribution in [0, 0.1) is 25.5 Å². The summed E-state index contributed by atoms with van der Waals surface area (Å²) in [6.07, 6.45) is 0. The van der Waals surface area contributed by atoms with E-state index in [2.05, 4.69) is 5.10 Å². The smallest absolute Gasteiger partial charge is 0.204 e. The van der Waals surface area contributed by atoms with Crippen molar-refractivity contribution in [2.24, 2.45) is 0 Å². The van der Waals surface area contributed by atoms with Gasteiger partial charge in [0.25, 0.3) is 10.0 Å². The molecule has 0 atom stereocenters. The highest BCUT2D eigenvalue weighted by Crippen LogP contribution is 2.18. The van der Waals surface area contributed by atoms with Gasteiger partial charge in [-0.1, -0.05) is 0 Å². The Kier molecular flexibility index (Phi) is 2.94. The Labute approximate surface area is 103 Å². The third kappa shape index (κ3) is 2.01. The SMILES string of the molecule is Cc1cc(C)n(S(=O)(=O)c2ccc(F)c(F)c2)n1. The molecule has 7 heteroatoms. The standard InChI is InChI=1S/C11H10F2N2O2S/c1-7-5-8(2)15(14-7)18(16,17)9-3-4-10(12)11(13)6-9/h3-6H,1-2H3. The van der Waals surface area contributed by atoms with Crippen LogP contribution in [0.25, 0.3) is 0 Å². The maximum Gasteiger partial charge on any atom is 0.283 e. The molecule has 0 N–H and O–H groups in total. The number of hydrogen-bond acceptors (Lipinski definition) is 3. The summed E-state index contributed by atoms with van der Waals surface area (Å²) >= 11 is 0. The van der Waals surface area contributed by atoms with E-state index in [1.807, 2.05) is 0 Å². The fraction of sp³-hybridized carbons (Fsp3) is 0.182. The van der Waals surface area contributed by atoms with Gasteiger partial charge in [0, 0.05) is 0 Å². The van der Waals surface area contributed by atoms with Crippen molar-refractivity contribution < 1.29 is 17.2 Å². The molecule has 96 valence electrons. The van der Waals surface area contributed by atoms with Crippen LogP contribution in [-0.4, -0.2) is 17.6 Å². The monoisotopic (exact) mass is 272 g/mol. The topological polar surface area (TPSA) is 52.0 Å². The van der Waals surface area contributed by atoms with Crippen molar-refractivity contribution in [3.63, 3.8) is 0 Å². The summed E-state index contributed by atoms with van der Waals surface area (Å²) in [5.74, 6) is -2.31. The molecule has 1 aromatic heterocycles. The first-order chi connectivity index (χ1) is 8.32. The molecule has 0 aliphatic carbocycles. The first-order valence-corrected chi connectivity index (χ1v) is 6.50. The highest BCUT2D eigenvalue weighted by atomic mass is 32.2. The van der Waals surface area contributed by atoms with Gasteiger partial charge in [-0.3, -0.25) is 0 Å². The van der Waals surface area contributed by atoms with Gasteiger partial charge in [0.1, 0.15) is 0 Å². The number of nitrogens with zero attached hydrogens (tertiary/aromatic N) is 2. The van der Waals surface area contributed by atoms with Crippen molar-refractivity contribution in [3.8, 4) is 0 Å². The second kappa shape index (κ2) is 4.16. The van der Waals surface area contributed by atoms with E-state index < -0.39 is 21.7 Å². The summed E-state index contributed by atoms with van der Waals surface area (Å²) in [6.45, 7) is 3.21. The Morgan fingerprint density at radius 1 is 1.11 bits per heavy atom. The van der Waals surface area contributed by atoms with Crippen molar-refractivity contribution >= 4 is 10.0 Å². The molecule has 0 radical (unpaired) electrons. The minimum Gasteiger partial charge on any atom is -0.204 e. The number of benzene rings is 1. The van der Waals surface area contributed by atoms with Gasteiger partial charge in [-0.25, -0.2) is 8.78 Å². The van der Waals surface area contributed by atoms with Crippen molar-refractivity contribution in [1.29, 1.82) is 0 Å². The molecule has 0 saturated carbocycles. The molecule has 1 heterocycles. The van der Waals surface area contributed by atoms with E-state index in [-0.39, 0.29) is 4.90 Å². The maximum absolute atomic E-state index is 13.1. The van der Waals surface area contributed by atoms with Crippen molar-refractivity contribution in [2.45, 2.75) is 18.7 Å². The highest BCUT2D eigenvalue weighted by molar-refractivity contribution is 7.89. The van der Waals surface area contributed by atoms with Gasteiger partial charge in [-0.05, 0) is 38.1 Å². The van der Waals surface area contributed by atoms with Crippen molar-refractivity contribution in [1.82, 2.24) is 9.19 Å². The zero-order valence-corrected chi connectivity index (χ0v) is 10.5. The first-order valence-electron chi connectivity index (χ1n) is 5.06. The van der Waals surface area contributed by atoms with Gasteiger partial charge in [0.2, 0.25) is 0 Å². The predicted octanol–water partition coefficient (Wildman–Crippen LogP) is 2.02. The normalized spacial score (nSPS) is 11.8. The van der Waals surface area contributed by atoms with E-state index in [0.717, 1.165) is 16.2 Å². The van der Waals surface area contributed by atoms with Crippen LogP contribution in [0.4, 0.5) is 8.78 Å². The van der Waals surface area contributed by atoms with E-state index in [4.69, 9.17) is 0 Å². The molecule has 0 unspecified atom stereocenters. The average molecular weight is 272 g/mol. The van der Waals surface area contributed by atoms with Gasteiger partial charge < -0.3 is 0 Å². The fourth-order valence-corrected chi connectivity index (χ4v) is 2.95. The molecule has 4 nitrogen and oxygen atoms in total.